The third-order valence-electron chi connectivity index (χ3n) is 7.14. The molecular formula is C25H35N3O5S. The zero-order chi connectivity index (χ0) is 24.5. The molecule has 34 heavy (non-hydrogen) atoms. The molecule has 2 fully saturated rings. The van der Waals surface area contributed by atoms with Crippen LogP contribution in [0.25, 0.3) is 0 Å². The van der Waals surface area contributed by atoms with Gasteiger partial charge in [-0.15, -0.1) is 4.72 Å². The highest BCUT2D eigenvalue weighted by molar-refractivity contribution is 7.90. The molecule has 0 radical (unpaired) electrons. The van der Waals surface area contributed by atoms with Gasteiger partial charge in [0.1, 0.15) is 10.7 Å². The lowest BCUT2D eigenvalue weighted by Gasteiger charge is -2.42. The molecule has 186 valence electrons. The van der Waals surface area contributed by atoms with Crippen LogP contribution in [0, 0.1) is 5.92 Å². The Morgan fingerprint density at radius 3 is 2.62 bits per heavy atom. The number of nitrogens with zero attached hydrogens (tertiary/aromatic N) is 1. The maximum absolute atomic E-state index is 13.4. The van der Waals surface area contributed by atoms with Crippen LogP contribution in [0.2, 0.25) is 0 Å². The number of aryl methyl sites for hydroxylation is 1. The summed E-state index contributed by atoms with van der Waals surface area (Å²) >= 11 is -1.34. The molecule has 3 aliphatic rings. The van der Waals surface area contributed by atoms with Crippen molar-refractivity contribution in [3.63, 3.8) is 0 Å². The zero-order valence-electron chi connectivity index (χ0n) is 20.2. The predicted molar refractivity (Wildman–Crippen MR) is 129 cm³/mol. The van der Waals surface area contributed by atoms with E-state index in [-0.39, 0.29) is 12.5 Å². The minimum absolute atomic E-state index is 0.257. The highest BCUT2D eigenvalue weighted by atomic mass is 32.2. The molecule has 9 heteroatoms. The molecule has 2 aliphatic heterocycles. The Bertz CT molecular complexity index is 943. The number of amides is 4. The summed E-state index contributed by atoms with van der Waals surface area (Å²) in [5.41, 5.74) is 1.67. The first kappa shape index (κ1) is 25.2. The molecule has 1 aromatic carbocycles. The van der Waals surface area contributed by atoms with Crippen molar-refractivity contribution in [2.24, 2.45) is 5.92 Å². The van der Waals surface area contributed by atoms with Crippen LogP contribution in [0.5, 0.6) is 0 Å². The van der Waals surface area contributed by atoms with E-state index in [1.54, 1.807) is 0 Å². The number of hydrogen-bond donors (Lipinski definition) is 2. The molecule has 8 nitrogen and oxygen atoms in total. The summed E-state index contributed by atoms with van der Waals surface area (Å²) in [4.78, 5) is 39.9. The molecule has 0 spiro atoms. The van der Waals surface area contributed by atoms with Gasteiger partial charge in [0.05, 0.1) is 5.54 Å². The Morgan fingerprint density at radius 1 is 1.21 bits per heavy atom. The SMILES string of the molecule is CC(C)(C)[S+]([O-])N[C@@]1(CCC2C(=O)NC(=O)N(C3CCOCC3)C2=O)CCCc2ccccc21. The molecule has 4 amide bonds. The number of ether oxygens (including phenoxy) is 1. The topological polar surface area (TPSA) is 111 Å². The largest absolute Gasteiger partial charge is 0.598 e. The van der Waals surface area contributed by atoms with E-state index >= 15 is 0 Å². The summed E-state index contributed by atoms with van der Waals surface area (Å²) in [5, 5.41) is 2.40. The second kappa shape index (κ2) is 9.97. The van der Waals surface area contributed by atoms with Crippen molar-refractivity contribution in [2.45, 2.75) is 82.0 Å². The Kier molecular flexibility index (Phi) is 7.38. The Hall–Kier alpha value is -1.94. The fourth-order valence-electron chi connectivity index (χ4n) is 5.23. The van der Waals surface area contributed by atoms with E-state index in [1.807, 2.05) is 32.9 Å². The van der Waals surface area contributed by atoms with Crippen LogP contribution in [0.15, 0.2) is 24.3 Å². The van der Waals surface area contributed by atoms with Gasteiger partial charge in [-0.1, -0.05) is 24.3 Å². The second-order valence-electron chi connectivity index (χ2n) is 10.5. The Balaban J connectivity index is 1.59. The van der Waals surface area contributed by atoms with Crippen molar-refractivity contribution in [2.75, 3.05) is 13.2 Å². The summed E-state index contributed by atoms with van der Waals surface area (Å²) in [6, 6.07) is 7.24. The molecule has 4 rings (SSSR count). The van der Waals surface area contributed by atoms with Gasteiger partial charge in [-0.05, 0) is 76.8 Å². The monoisotopic (exact) mass is 489 g/mol. The molecule has 2 saturated heterocycles. The standard InChI is InChI=1S/C25H35N3O5S/c1-24(2,3)34(32)27-25(13-6-8-17-7-4-5-9-20(17)25)14-10-19-21(29)26-23(31)28(22(19)30)18-11-15-33-16-12-18/h4-5,7,9,18-19,27H,6,8,10-16H2,1-3H3,(H,26,29,31)/t19?,25-,34?/m1/s1. The van der Waals surface area contributed by atoms with E-state index < -0.39 is 45.4 Å². The van der Waals surface area contributed by atoms with Crippen LogP contribution in [-0.2, 0) is 37.6 Å². The number of carbonyl (C=O) groups is 3. The molecular weight excluding hydrogens is 454 g/mol. The third kappa shape index (κ3) is 5.03. The van der Waals surface area contributed by atoms with Gasteiger partial charge in [0, 0.05) is 30.6 Å². The normalized spacial score (nSPS) is 27.4. The van der Waals surface area contributed by atoms with Crippen molar-refractivity contribution in [1.82, 2.24) is 14.9 Å². The zero-order valence-corrected chi connectivity index (χ0v) is 21.0. The number of hydrogen-bond acceptors (Lipinski definition) is 6. The minimum atomic E-state index is -1.34. The number of carbonyl (C=O) groups excluding carboxylic acids is 3. The maximum atomic E-state index is 13.4. The van der Waals surface area contributed by atoms with Crippen LogP contribution < -0.4 is 10.0 Å². The Morgan fingerprint density at radius 2 is 1.91 bits per heavy atom. The highest BCUT2D eigenvalue weighted by Crippen LogP contribution is 2.41. The maximum Gasteiger partial charge on any atom is 0.331 e. The van der Waals surface area contributed by atoms with Crippen LogP contribution in [0.4, 0.5) is 4.79 Å². The summed E-state index contributed by atoms with van der Waals surface area (Å²) in [6.07, 6.45) is 4.50. The van der Waals surface area contributed by atoms with Crippen LogP contribution >= 0.6 is 0 Å². The first-order valence-corrected chi connectivity index (χ1v) is 13.3. The fourth-order valence-corrected chi connectivity index (χ4v) is 6.21. The molecule has 0 aromatic heterocycles. The molecule has 2 N–H and O–H groups in total. The number of rotatable bonds is 6. The number of barbiturate groups is 1. The number of fused-ring (bicyclic) bond motifs is 1. The van der Waals surface area contributed by atoms with Crippen LogP contribution in [0.3, 0.4) is 0 Å². The van der Waals surface area contributed by atoms with Crippen molar-refractivity contribution < 1.29 is 23.7 Å². The first-order chi connectivity index (χ1) is 16.1. The van der Waals surface area contributed by atoms with Gasteiger partial charge >= 0.3 is 6.03 Å². The van der Waals surface area contributed by atoms with E-state index in [1.165, 1.54) is 10.5 Å². The predicted octanol–water partition coefficient (Wildman–Crippen LogP) is 2.92. The molecule has 1 aromatic rings. The summed E-state index contributed by atoms with van der Waals surface area (Å²) in [6.45, 7) is 6.75. The van der Waals surface area contributed by atoms with Gasteiger partial charge < -0.3 is 9.29 Å². The first-order valence-electron chi connectivity index (χ1n) is 12.2. The van der Waals surface area contributed by atoms with E-state index in [0.29, 0.717) is 32.5 Å². The van der Waals surface area contributed by atoms with Gasteiger partial charge in [0.2, 0.25) is 11.8 Å². The molecule has 0 saturated carbocycles. The van der Waals surface area contributed by atoms with Gasteiger partial charge in [-0.2, -0.15) is 0 Å². The average molecular weight is 490 g/mol. The second-order valence-corrected chi connectivity index (χ2v) is 12.5. The van der Waals surface area contributed by atoms with E-state index in [2.05, 4.69) is 22.2 Å². The lowest BCUT2D eigenvalue weighted by Crippen LogP contribution is -2.62. The van der Waals surface area contributed by atoms with Gasteiger partial charge in [-0.25, -0.2) is 4.79 Å². The molecule has 1 aliphatic carbocycles. The molecule has 2 heterocycles. The lowest BCUT2D eigenvalue weighted by atomic mass is 9.73. The van der Waals surface area contributed by atoms with Gasteiger partial charge in [0.25, 0.3) is 0 Å². The number of nitrogens with one attached hydrogen (secondary N) is 2. The lowest BCUT2D eigenvalue weighted by molar-refractivity contribution is -0.145. The van der Waals surface area contributed by atoms with Crippen molar-refractivity contribution in [3.8, 4) is 0 Å². The quantitative estimate of drug-likeness (QED) is 0.470. The number of imide groups is 2. The number of urea groups is 1. The van der Waals surface area contributed by atoms with E-state index in [4.69, 9.17) is 4.74 Å². The summed E-state index contributed by atoms with van der Waals surface area (Å²) in [7, 11) is 0. The number of benzene rings is 1. The van der Waals surface area contributed by atoms with Crippen molar-refractivity contribution in [1.29, 1.82) is 0 Å². The Labute approximate surface area is 204 Å². The third-order valence-corrected chi connectivity index (χ3v) is 8.83. The summed E-state index contributed by atoms with van der Waals surface area (Å²) in [5.74, 6) is -1.93. The van der Waals surface area contributed by atoms with Gasteiger partial charge in [-0.3, -0.25) is 19.8 Å². The fraction of sp³-hybridized carbons (Fsp3) is 0.640. The molecule has 2 unspecified atom stereocenters. The molecule has 3 atom stereocenters. The van der Waals surface area contributed by atoms with Crippen molar-refractivity contribution in [3.05, 3.63) is 35.4 Å². The van der Waals surface area contributed by atoms with Gasteiger partial charge in [0.15, 0.2) is 0 Å². The summed E-state index contributed by atoms with van der Waals surface area (Å²) < 4.78 is 21.5. The van der Waals surface area contributed by atoms with E-state index in [9.17, 15) is 18.9 Å². The average Bonchev–Trinajstić information content (AvgIpc) is 2.79. The van der Waals surface area contributed by atoms with Crippen LogP contribution in [-0.4, -0.2) is 51.3 Å². The minimum Gasteiger partial charge on any atom is -0.598 e. The molecule has 0 bridgehead atoms. The van der Waals surface area contributed by atoms with Crippen molar-refractivity contribution >= 4 is 29.2 Å². The van der Waals surface area contributed by atoms with E-state index in [0.717, 1.165) is 24.8 Å². The van der Waals surface area contributed by atoms with Crippen LogP contribution in [0.1, 0.15) is 70.4 Å². The smallest absolute Gasteiger partial charge is 0.331 e. The highest BCUT2D eigenvalue weighted by Gasteiger charge is 2.47.